The predicted octanol–water partition coefficient (Wildman–Crippen LogP) is 11.6. The molecule has 2 N–H and O–H groups in total. The van der Waals surface area contributed by atoms with E-state index >= 15 is 0 Å². The Kier molecular flexibility index (Phi) is 20.5. The molecule has 16 heteroatoms. The second kappa shape index (κ2) is 27.5. The zero-order valence-electron chi connectivity index (χ0n) is 55.5. The van der Waals surface area contributed by atoms with E-state index in [1.165, 1.54) is 144 Å². The number of piperidine rings is 3. The first-order chi connectivity index (χ1) is 42.4. The minimum atomic E-state index is -0.928. The van der Waals surface area contributed by atoms with Crippen LogP contribution >= 0.6 is 0 Å². The van der Waals surface area contributed by atoms with E-state index in [-0.39, 0.29) is 52.3 Å². The van der Waals surface area contributed by atoms with Gasteiger partial charge >= 0.3 is 24.1 Å². The van der Waals surface area contributed by atoms with Crippen molar-refractivity contribution in [3.05, 3.63) is 88.0 Å². The zero-order chi connectivity index (χ0) is 63.7. The van der Waals surface area contributed by atoms with Crippen LogP contribution < -0.4 is 24.8 Å². The van der Waals surface area contributed by atoms with Crippen LogP contribution in [0.2, 0.25) is 0 Å². The molecule has 0 aromatic heterocycles. The van der Waals surface area contributed by atoms with Crippen LogP contribution in [0.3, 0.4) is 0 Å². The number of hydrogen-bond donors (Lipinski definition) is 2. The van der Waals surface area contributed by atoms with Crippen LogP contribution in [0.4, 0.5) is 4.79 Å². The Morgan fingerprint density at radius 1 is 0.461 bits per heavy atom. The highest BCUT2D eigenvalue weighted by atomic mass is 16.8. The average molecular weight is 1230 g/mol. The molecule has 486 valence electrons. The van der Waals surface area contributed by atoms with E-state index in [1.54, 1.807) is 13.8 Å². The molecule has 3 aliphatic heterocycles. The van der Waals surface area contributed by atoms with Crippen LogP contribution in [-0.2, 0) is 69.0 Å². The minimum absolute atomic E-state index is 0.0278. The molecule has 3 saturated carbocycles. The molecule has 3 saturated heterocycles. The largest absolute Gasteiger partial charge is 0.516 e. The van der Waals surface area contributed by atoms with Crippen molar-refractivity contribution in [2.45, 2.75) is 224 Å². The lowest BCUT2D eigenvalue weighted by Crippen LogP contribution is -2.59. The summed E-state index contributed by atoms with van der Waals surface area (Å²) >= 11 is 0. The summed E-state index contributed by atoms with van der Waals surface area (Å²) in [5.74, 6) is 2.27. The normalized spacial score (nSPS) is 29.1. The highest BCUT2D eigenvalue weighted by molar-refractivity contribution is 5.85. The third-order valence-corrected chi connectivity index (χ3v) is 23.2. The summed E-state index contributed by atoms with van der Waals surface area (Å²) in [5, 5.41) is 5.27. The summed E-state index contributed by atoms with van der Waals surface area (Å²) in [6.45, 7) is 19.1. The molecule has 16 nitrogen and oxygen atoms in total. The quantitative estimate of drug-likeness (QED) is 0.0713. The van der Waals surface area contributed by atoms with Crippen molar-refractivity contribution in [3.8, 4) is 17.2 Å². The van der Waals surface area contributed by atoms with Gasteiger partial charge in [0.25, 0.3) is 0 Å². The fourth-order valence-corrected chi connectivity index (χ4v) is 18.2. The Balaban J connectivity index is 0.000000148. The number of rotatable bonds is 13. The average Bonchev–Trinajstić information content (AvgIpc) is 0.765. The molecule has 6 bridgehead atoms. The van der Waals surface area contributed by atoms with Gasteiger partial charge in [-0.25, -0.2) is 14.4 Å². The van der Waals surface area contributed by atoms with Crippen molar-refractivity contribution < 1.29 is 52.5 Å². The van der Waals surface area contributed by atoms with Gasteiger partial charge < -0.3 is 49.0 Å². The SMILES string of the molecule is CC(=O)NC(C(=O)OCOC(=O)Oc1ccc2c(c1)[C@]13CCCC[C@@H]1C(C2)N(C)CC3)C(C)C.CC(=O)NC(C(=O)Oc1ccc2c(c1)[C@]13CCCC[C@@H]1C(C2)N(C)CC3)C(C)C.CC(C)C(C)C(=O)Oc1ccc2c(c1)[C@]13CCCC[C@@H]1C(C2)N(C)CC3. The maximum absolute atomic E-state index is 12.8. The lowest BCUT2D eigenvalue weighted by atomic mass is 9.52. The number of hydrogen-bond acceptors (Lipinski definition) is 14. The van der Waals surface area contributed by atoms with Crippen LogP contribution in [0, 0.1) is 41.4 Å². The van der Waals surface area contributed by atoms with Crippen molar-refractivity contribution in [3.63, 3.8) is 0 Å². The number of esters is 3. The number of fused-ring (bicyclic) bond motifs is 3. The maximum atomic E-state index is 12.8. The fraction of sp³-hybridized carbons (Fsp3) is 0.671. The van der Waals surface area contributed by atoms with Gasteiger partial charge in [0, 0.05) is 48.2 Å². The molecule has 2 amide bonds. The molecule has 3 aromatic rings. The van der Waals surface area contributed by atoms with Crippen LogP contribution in [0.1, 0.15) is 192 Å². The van der Waals surface area contributed by atoms with Gasteiger partial charge in [-0.05, 0) is 223 Å². The molecule has 3 aromatic carbocycles. The molecule has 6 aliphatic carbocycles. The summed E-state index contributed by atoms with van der Waals surface area (Å²) in [4.78, 5) is 80.1. The van der Waals surface area contributed by atoms with E-state index in [0.717, 1.165) is 50.4 Å². The van der Waals surface area contributed by atoms with Gasteiger partial charge in [-0.1, -0.05) is 105 Å². The molecule has 89 heavy (non-hydrogen) atoms. The Hall–Kier alpha value is -5.84. The number of carbonyl (C=O) groups excluding carboxylic acids is 6. The standard InChI is InChI=1S/C26H36N2O6.C24H34N2O3.C23H33NO2/c1-16(2)23(27-17(3)29)24(30)32-15-33-25(31)34-19-9-8-18-13-22-20-7-5-6-10-26(20,21(18)14-19)11-12-28(22)4;1-15(2)22(25-16(3)27)23(28)29-18-9-8-17-13-21-19-7-5-6-10-24(19,20(17)14-18)11-12-26(21)4;1-15(2)16(3)22(25)26-18-9-8-17-13-21-19-7-5-6-10-23(19,20(17)14-18)11-12-24(21)4/h8-9,14,16,20,22-23H,5-7,10-13,15H2,1-4H3,(H,27,29);8-9,14-15,19,21-22H,5-7,10-13H2,1-4H3,(H,25,27);8-9,14-16,19,21H,5-7,10-13H2,1-4H3/t20-,22?,23?,26+;19-,21?,22?,24+;16?,19-,21?,23+/m111/s1. The predicted molar refractivity (Wildman–Crippen MR) is 343 cm³/mol. The minimum Gasteiger partial charge on any atom is -0.426 e. The molecule has 9 aliphatic rings. The topological polar surface area (TPSA) is 182 Å². The number of nitrogens with zero attached hydrogens (tertiary/aromatic N) is 3. The number of carbonyl (C=O) groups is 6. The van der Waals surface area contributed by atoms with E-state index < -0.39 is 31.0 Å². The van der Waals surface area contributed by atoms with Gasteiger partial charge in [-0.2, -0.15) is 0 Å². The van der Waals surface area contributed by atoms with Gasteiger partial charge in [0.1, 0.15) is 29.3 Å². The van der Waals surface area contributed by atoms with Crippen LogP contribution in [0.5, 0.6) is 17.2 Å². The number of amides is 2. The highest BCUT2D eigenvalue weighted by Crippen LogP contribution is 2.59. The molecular formula is C73H103N5O11. The number of likely N-dealkylation sites (tertiary alicyclic amines) is 3. The summed E-state index contributed by atoms with van der Waals surface area (Å²) in [7, 11) is 6.82. The molecule has 3 heterocycles. The van der Waals surface area contributed by atoms with Gasteiger partial charge in [0.05, 0.1) is 5.92 Å². The molecule has 0 spiro atoms. The smallest absolute Gasteiger partial charge is 0.426 e. The van der Waals surface area contributed by atoms with Crippen molar-refractivity contribution >= 4 is 35.9 Å². The van der Waals surface area contributed by atoms with E-state index in [4.69, 9.17) is 23.7 Å². The second-order valence-corrected chi connectivity index (χ2v) is 29.3. The van der Waals surface area contributed by atoms with E-state index in [1.807, 2.05) is 45.0 Å². The van der Waals surface area contributed by atoms with Crippen molar-refractivity contribution in [2.75, 3.05) is 47.6 Å². The van der Waals surface area contributed by atoms with Crippen LogP contribution in [-0.4, -0.2) is 128 Å². The van der Waals surface area contributed by atoms with E-state index in [0.29, 0.717) is 52.8 Å². The monoisotopic (exact) mass is 1230 g/mol. The van der Waals surface area contributed by atoms with Crippen LogP contribution in [0.25, 0.3) is 0 Å². The van der Waals surface area contributed by atoms with E-state index in [2.05, 4.69) is 90.7 Å². The first kappa shape index (κ1) is 66.1. The Morgan fingerprint density at radius 3 is 1.18 bits per heavy atom. The Labute approximate surface area is 529 Å². The molecule has 12 atom stereocenters. The van der Waals surface area contributed by atoms with E-state index in [9.17, 15) is 28.8 Å². The van der Waals surface area contributed by atoms with Gasteiger partial charge in [-0.15, -0.1) is 0 Å². The number of benzene rings is 3. The summed E-state index contributed by atoms with van der Waals surface area (Å²) in [6.07, 6.45) is 21.4. The van der Waals surface area contributed by atoms with Crippen LogP contribution in [0.15, 0.2) is 54.6 Å². The first-order valence-corrected chi connectivity index (χ1v) is 33.9. The maximum Gasteiger partial charge on any atom is 0.516 e. The summed E-state index contributed by atoms with van der Waals surface area (Å²) in [5.41, 5.74) is 9.20. The zero-order valence-corrected chi connectivity index (χ0v) is 55.5. The fourth-order valence-electron chi connectivity index (χ4n) is 18.2. The number of likely N-dealkylation sites (N-methyl/N-ethyl adjacent to an activating group) is 3. The second-order valence-electron chi connectivity index (χ2n) is 29.3. The molecular weight excluding hydrogens is 1120 g/mol. The van der Waals surface area contributed by atoms with Crippen molar-refractivity contribution in [1.82, 2.24) is 25.3 Å². The first-order valence-electron chi connectivity index (χ1n) is 33.9. The number of ether oxygens (including phenoxy) is 5. The van der Waals surface area contributed by atoms with Crippen molar-refractivity contribution in [2.24, 2.45) is 41.4 Å². The Morgan fingerprint density at radius 2 is 0.820 bits per heavy atom. The highest BCUT2D eigenvalue weighted by Gasteiger charge is 2.56. The van der Waals surface area contributed by atoms with Gasteiger partial charge in [0.15, 0.2) is 0 Å². The van der Waals surface area contributed by atoms with Gasteiger partial charge in [0.2, 0.25) is 18.6 Å². The molecule has 6 fully saturated rings. The Bertz CT molecular complexity index is 3090. The lowest BCUT2D eigenvalue weighted by Gasteiger charge is -2.58. The van der Waals surface area contributed by atoms with Gasteiger partial charge in [-0.3, -0.25) is 14.4 Å². The summed E-state index contributed by atoms with van der Waals surface area (Å²) in [6, 6.07) is 19.1. The third-order valence-electron chi connectivity index (χ3n) is 23.2. The molecule has 6 unspecified atom stereocenters. The molecule has 12 rings (SSSR count). The van der Waals surface area contributed by atoms with Crippen molar-refractivity contribution in [1.29, 1.82) is 0 Å². The number of nitrogens with one attached hydrogen (secondary N) is 2. The summed E-state index contributed by atoms with van der Waals surface area (Å²) < 4.78 is 27.0. The molecule has 0 radical (unpaired) electrons. The lowest BCUT2D eigenvalue weighted by molar-refractivity contribution is -0.157. The third kappa shape index (κ3) is 13.6.